The molecule has 0 radical (unpaired) electrons. The minimum atomic E-state index is -0.497. The van der Waals surface area contributed by atoms with E-state index in [1.165, 1.54) is 6.42 Å². The summed E-state index contributed by atoms with van der Waals surface area (Å²) in [6.07, 6.45) is 8.00. The Kier molecular flexibility index (Phi) is 4.90. The fraction of sp³-hybridized carbons (Fsp3) is 0.933. The summed E-state index contributed by atoms with van der Waals surface area (Å²) in [5, 5.41) is 12.1. The molecule has 186 valence electrons. The topological polar surface area (TPSA) is 54.4 Å². The maximum absolute atomic E-state index is 14.3. The van der Waals surface area contributed by atoms with Crippen molar-refractivity contribution in [1.82, 2.24) is 0 Å². The van der Waals surface area contributed by atoms with Gasteiger partial charge in [-0.2, -0.15) is 0 Å². The Morgan fingerprint density at radius 2 is 1.45 bits per heavy atom. The van der Waals surface area contributed by atoms with E-state index in [0.29, 0.717) is 42.2 Å². The third-order valence-electron chi connectivity index (χ3n) is 13.5. The van der Waals surface area contributed by atoms with Crippen LogP contribution in [0.4, 0.5) is 0 Å². The third kappa shape index (κ3) is 2.73. The average Bonchev–Trinajstić information content (AvgIpc) is 2.71. The number of aliphatic hydroxyl groups is 1. The zero-order chi connectivity index (χ0) is 24.4. The summed E-state index contributed by atoms with van der Waals surface area (Å²) >= 11 is 0. The number of hydrogen-bond acceptors (Lipinski definition) is 3. The van der Waals surface area contributed by atoms with Crippen molar-refractivity contribution < 1.29 is 14.7 Å². The zero-order valence-electron chi connectivity index (χ0n) is 22.5. The van der Waals surface area contributed by atoms with E-state index in [2.05, 4.69) is 55.4 Å². The maximum Gasteiger partial charge on any atom is 0.140 e. The highest BCUT2D eigenvalue weighted by Gasteiger charge is 2.76. The van der Waals surface area contributed by atoms with E-state index in [1.807, 2.05) is 0 Å². The van der Waals surface area contributed by atoms with Crippen molar-refractivity contribution in [3.05, 3.63) is 0 Å². The summed E-state index contributed by atoms with van der Waals surface area (Å²) in [6.45, 7) is 18.6. The smallest absolute Gasteiger partial charge is 0.140 e. The van der Waals surface area contributed by atoms with Crippen LogP contribution in [-0.4, -0.2) is 22.8 Å². The normalized spacial score (nSPS) is 58.0. The molecule has 5 aliphatic rings. The Labute approximate surface area is 201 Å². The highest BCUT2D eigenvalue weighted by molar-refractivity contribution is 5.88. The summed E-state index contributed by atoms with van der Waals surface area (Å²) < 4.78 is 0. The third-order valence-corrected chi connectivity index (χ3v) is 13.5. The van der Waals surface area contributed by atoms with Crippen LogP contribution in [0.15, 0.2) is 0 Å². The summed E-state index contributed by atoms with van der Waals surface area (Å²) in [4.78, 5) is 27.0. The maximum atomic E-state index is 14.3. The number of carbonyl (C=O) groups is 2. The largest absolute Gasteiger partial charge is 0.392 e. The zero-order valence-corrected chi connectivity index (χ0v) is 22.5. The van der Waals surface area contributed by atoms with Gasteiger partial charge in [0.25, 0.3) is 0 Å². The molecule has 0 unspecified atom stereocenters. The summed E-state index contributed by atoms with van der Waals surface area (Å²) in [7, 11) is 0. The van der Waals surface area contributed by atoms with E-state index in [-0.39, 0.29) is 33.0 Å². The second-order valence-electron chi connectivity index (χ2n) is 15.3. The van der Waals surface area contributed by atoms with Crippen LogP contribution in [0.3, 0.4) is 0 Å². The van der Waals surface area contributed by atoms with Gasteiger partial charge in [-0.15, -0.1) is 0 Å². The Morgan fingerprint density at radius 3 is 2.12 bits per heavy atom. The quantitative estimate of drug-likeness (QED) is 0.446. The van der Waals surface area contributed by atoms with Crippen molar-refractivity contribution in [3.8, 4) is 0 Å². The fourth-order valence-corrected chi connectivity index (χ4v) is 11.1. The molecule has 0 saturated heterocycles. The second-order valence-corrected chi connectivity index (χ2v) is 15.3. The van der Waals surface area contributed by atoms with Crippen molar-refractivity contribution in [3.63, 3.8) is 0 Å². The summed E-state index contributed by atoms with van der Waals surface area (Å²) in [6, 6.07) is 0. The van der Waals surface area contributed by atoms with Crippen molar-refractivity contribution >= 4 is 11.6 Å². The number of fused-ring (bicyclic) bond motifs is 7. The van der Waals surface area contributed by atoms with E-state index in [1.54, 1.807) is 0 Å². The number of hydrogen-bond donors (Lipinski definition) is 1. The average molecular weight is 457 g/mol. The van der Waals surface area contributed by atoms with Gasteiger partial charge in [-0.25, -0.2) is 0 Å². The van der Waals surface area contributed by atoms with Crippen molar-refractivity contribution in [1.29, 1.82) is 0 Å². The monoisotopic (exact) mass is 456 g/mol. The molecule has 33 heavy (non-hydrogen) atoms. The van der Waals surface area contributed by atoms with Crippen LogP contribution in [0.5, 0.6) is 0 Å². The van der Waals surface area contributed by atoms with Crippen LogP contribution in [0.2, 0.25) is 0 Å². The first-order valence-electron chi connectivity index (χ1n) is 13.8. The lowest BCUT2D eigenvalue weighted by molar-refractivity contribution is -0.276. The first kappa shape index (κ1) is 24.0. The van der Waals surface area contributed by atoms with E-state index in [9.17, 15) is 14.7 Å². The molecular weight excluding hydrogens is 408 g/mol. The molecule has 5 fully saturated rings. The minimum absolute atomic E-state index is 0.00450. The molecule has 0 aromatic carbocycles. The molecule has 0 aromatic heterocycles. The van der Waals surface area contributed by atoms with Crippen LogP contribution in [0.1, 0.15) is 113 Å². The first-order chi connectivity index (χ1) is 15.1. The van der Waals surface area contributed by atoms with E-state index in [0.717, 1.165) is 38.5 Å². The SMILES string of the molecule is C[C@H]1C(=O)CC[C@H]2[C@]3(C)C[C@H](O)[C@@]4(C)[C@@H]5CC(C)(C)CC[C@]5(C)CC(=O)[C@]4(C)[C@@H]3CC[C@@]21C. The molecule has 5 saturated carbocycles. The van der Waals surface area contributed by atoms with Gasteiger partial charge in [-0.05, 0) is 84.4 Å². The molecule has 10 atom stereocenters. The van der Waals surface area contributed by atoms with Gasteiger partial charge in [0.1, 0.15) is 11.6 Å². The van der Waals surface area contributed by atoms with Crippen molar-refractivity contribution in [2.45, 2.75) is 119 Å². The van der Waals surface area contributed by atoms with Gasteiger partial charge in [0.05, 0.1) is 6.10 Å². The first-order valence-corrected chi connectivity index (χ1v) is 13.8. The number of ketones is 2. The highest BCUT2D eigenvalue weighted by Crippen LogP contribution is 2.77. The van der Waals surface area contributed by atoms with Gasteiger partial charge in [0.15, 0.2) is 0 Å². The van der Waals surface area contributed by atoms with Gasteiger partial charge in [0.2, 0.25) is 0 Å². The molecule has 0 aliphatic heterocycles. The molecule has 0 aromatic rings. The van der Waals surface area contributed by atoms with Gasteiger partial charge in [-0.1, -0.05) is 55.4 Å². The summed E-state index contributed by atoms with van der Waals surface area (Å²) in [5.41, 5.74) is -0.720. The van der Waals surface area contributed by atoms with Crippen molar-refractivity contribution in [2.75, 3.05) is 0 Å². The molecule has 0 heterocycles. The molecule has 0 bridgehead atoms. The van der Waals surface area contributed by atoms with E-state index >= 15 is 0 Å². The van der Waals surface area contributed by atoms with Gasteiger partial charge >= 0.3 is 0 Å². The number of Topliss-reactive ketones (excluding diaryl/α,β-unsaturated/α-hetero) is 2. The lowest BCUT2D eigenvalue weighted by Gasteiger charge is -2.74. The Bertz CT molecular complexity index is 891. The van der Waals surface area contributed by atoms with Crippen LogP contribution < -0.4 is 0 Å². The lowest BCUT2D eigenvalue weighted by Crippen LogP contribution is -2.74. The fourth-order valence-electron chi connectivity index (χ4n) is 11.1. The molecule has 5 rings (SSSR count). The molecule has 0 amide bonds. The number of carbonyl (C=O) groups excluding carboxylic acids is 2. The minimum Gasteiger partial charge on any atom is -0.392 e. The van der Waals surface area contributed by atoms with Crippen molar-refractivity contribution in [2.24, 2.45) is 56.2 Å². The Hall–Kier alpha value is -0.700. The molecule has 5 aliphatic carbocycles. The van der Waals surface area contributed by atoms with Crippen LogP contribution in [-0.2, 0) is 9.59 Å². The van der Waals surface area contributed by atoms with Crippen LogP contribution >= 0.6 is 0 Å². The number of rotatable bonds is 0. The van der Waals surface area contributed by atoms with Gasteiger partial charge in [0, 0.05) is 29.6 Å². The number of aliphatic hydroxyl groups excluding tert-OH is 1. The second kappa shape index (κ2) is 6.74. The molecule has 0 spiro atoms. The van der Waals surface area contributed by atoms with E-state index < -0.39 is 11.5 Å². The molecule has 3 nitrogen and oxygen atoms in total. The Morgan fingerprint density at radius 1 is 0.788 bits per heavy atom. The van der Waals surface area contributed by atoms with Crippen LogP contribution in [0.25, 0.3) is 0 Å². The highest BCUT2D eigenvalue weighted by atomic mass is 16.3. The lowest BCUT2D eigenvalue weighted by atomic mass is 9.29. The van der Waals surface area contributed by atoms with E-state index in [4.69, 9.17) is 0 Å². The predicted octanol–water partition coefficient (Wildman–Crippen LogP) is 6.61. The summed E-state index contributed by atoms with van der Waals surface area (Å²) in [5.74, 6) is 1.97. The van der Waals surface area contributed by atoms with Crippen LogP contribution in [0, 0.1) is 56.2 Å². The van der Waals surface area contributed by atoms with Gasteiger partial charge in [-0.3, -0.25) is 9.59 Å². The molecular formula is C30H48O3. The molecule has 3 heteroatoms. The predicted molar refractivity (Wildman–Crippen MR) is 132 cm³/mol. The van der Waals surface area contributed by atoms with Gasteiger partial charge < -0.3 is 5.11 Å². The molecule has 1 N–H and O–H groups in total. The Balaban J connectivity index is 1.64. The standard InChI is InChI=1S/C30H48O3/c1-18-19(31)9-10-20-27(18,5)12-11-21-28(20,6)17-24(33)30(8)22-15-25(2,3)13-14-26(22,4)16-23(32)29(21,30)7/h18,20-22,24,33H,9-17H2,1-8H3/t18-,20+,21+,22+,24-,26+,27+,28-,29-,30+/m0/s1.